The number of para-hydroxylation sites is 1. The molecule has 0 radical (unpaired) electrons. The van der Waals surface area contributed by atoms with Crippen molar-refractivity contribution in [3.63, 3.8) is 0 Å². The second-order valence-electron chi connectivity index (χ2n) is 9.38. The van der Waals surface area contributed by atoms with Gasteiger partial charge in [0, 0.05) is 24.4 Å². The van der Waals surface area contributed by atoms with Crippen LogP contribution in [0.5, 0.6) is 5.75 Å². The zero-order valence-electron chi connectivity index (χ0n) is 22.0. The second-order valence-corrected chi connectivity index (χ2v) is 9.38. The van der Waals surface area contributed by atoms with Crippen molar-refractivity contribution in [1.82, 2.24) is 9.88 Å². The molecule has 1 aromatic heterocycles. The normalized spacial score (nSPS) is 11.2. The van der Waals surface area contributed by atoms with Crippen molar-refractivity contribution in [3.05, 3.63) is 120 Å². The molecule has 1 heterocycles. The molecule has 0 aliphatic carbocycles. The molecule has 4 aromatic rings. The molecule has 0 saturated carbocycles. The van der Waals surface area contributed by atoms with Gasteiger partial charge in [0.15, 0.2) is 0 Å². The number of carbonyl (C=O) groups is 2. The number of pyridine rings is 1. The second kappa shape index (κ2) is 13.5. The summed E-state index contributed by atoms with van der Waals surface area (Å²) < 4.78 is 5.87. The third-order valence-corrected chi connectivity index (χ3v) is 6.47. The van der Waals surface area contributed by atoms with E-state index in [1.165, 1.54) is 6.07 Å². The average Bonchev–Trinajstić information content (AvgIpc) is 2.98. The molecule has 0 atom stereocenters. The quantitative estimate of drug-likeness (QED) is 0.157. The molecule has 8 heteroatoms. The Balaban J connectivity index is 1.59. The Hall–Kier alpha value is -4.53. The van der Waals surface area contributed by atoms with Crippen LogP contribution in [0.2, 0.25) is 0 Å². The zero-order chi connectivity index (χ0) is 28.4. The number of nitrogens with zero attached hydrogens (tertiary/aromatic N) is 2. The number of carbonyl (C=O) groups excluding carboxylic acids is 1. The van der Waals surface area contributed by atoms with Crippen molar-refractivity contribution in [1.29, 1.82) is 0 Å². The first-order valence-electron chi connectivity index (χ1n) is 13.1. The predicted molar refractivity (Wildman–Crippen MR) is 150 cm³/mol. The van der Waals surface area contributed by atoms with Crippen LogP contribution in [-0.2, 0) is 17.3 Å². The van der Waals surface area contributed by atoms with E-state index in [1.807, 2.05) is 30.3 Å². The highest BCUT2D eigenvalue weighted by molar-refractivity contribution is 5.95. The largest absolute Gasteiger partial charge is 0.493 e. The molecule has 0 aliphatic heterocycles. The number of carboxylic acid groups (broad SMARTS) is 1. The number of hydrogen-bond acceptors (Lipinski definition) is 6. The molecule has 0 unspecified atom stereocenters. The lowest BCUT2D eigenvalue weighted by atomic mass is 10.0. The van der Waals surface area contributed by atoms with Crippen LogP contribution in [-0.4, -0.2) is 43.7 Å². The molecule has 4 rings (SSSR count). The third-order valence-electron chi connectivity index (χ3n) is 6.47. The van der Waals surface area contributed by atoms with Crippen molar-refractivity contribution in [2.24, 2.45) is 0 Å². The van der Waals surface area contributed by atoms with Crippen molar-refractivity contribution in [2.75, 3.05) is 6.61 Å². The number of carboxylic acids is 1. The summed E-state index contributed by atoms with van der Waals surface area (Å²) in [6, 6.07) is 26.2. The first-order valence-corrected chi connectivity index (χ1v) is 13.1. The SMILES string of the molecule is O=C(O)CCCCCOc1ccccc1C(O)(O)N(Cc1ccccc1)C(=O)c1ccc(-c2cccnc2)cc1. The first kappa shape index (κ1) is 28.5. The van der Waals surface area contributed by atoms with Crippen LogP contribution < -0.4 is 4.74 Å². The Labute approximate surface area is 233 Å². The van der Waals surface area contributed by atoms with Gasteiger partial charge in [-0.1, -0.05) is 60.7 Å². The van der Waals surface area contributed by atoms with E-state index in [0.717, 1.165) is 16.0 Å². The third kappa shape index (κ3) is 7.31. The fraction of sp³-hybridized carbons (Fsp3) is 0.219. The fourth-order valence-corrected chi connectivity index (χ4v) is 4.34. The van der Waals surface area contributed by atoms with Crippen molar-refractivity contribution in [2.45, 2.75) is 38.1 Å². The highest BCUT2D eigenvalue weighted by Crippen LogP contribution is 2.34. The summed E-state index contributed by atoms with van der Waals surface area (Å²) in [5, 5.41) is 31.9. The van der Waals surface area contributed by atoms with Gasteiger partial charge in [-0.25, -0.2) is 0 Å². The van der Waals surface area contributed by atoms with E-state index in [4.69, 9.17) is 9.84 Å². The van der Waals surface area contributed by atoms with E-state index in [2.05, 4.69) is 4.98 Å². The highest BCUT2D eigenvalue weighted by atomic mass is 16.5. The molecule has 0 bridgehead atoms. The maximum absolute atomic E-state index is 13.8. The number of aliphatic hydroxyl groups is 2. The lowest BCUT2D eigenvalue weighted by Crippen LogP contribution is -2.49. The lowest BCUT2D eigenvalue weighted by molar-refractivity contribution is -0.259. The minimum Gasteiger partial charge on any atom is -0.493 e. The van der Waals surface area contributed by atoms with Gasteiger partial charge in [-0.15, -0.1) is 0 Å². The minimum absolute atomic E-state index is 0.0248. The molecule has 3 aromatic carbocycles. The van der Waals surface area contributed by atoms with E-state index in [1.54, 1.807) is 67.0 Å². The molecular formula is C32H32N2O6. The molecule has 0 fully saturated rings. The van der Waals surface area contributed by atoms with Crippen LogP contribution >= 0.6 is 0 Å². The van der Waals surface area contributed by atoms with Gasteiger partial charge < -0.3 is 20.1 Å². The average molecular weight is 541 g/mol. The lowest BCUT2D eigenvalue weighted by Gasteiger charge is -2.36. The first-order chi connectivity index (χ1) is 19.4. The summed E-state index contributed by atoms with van der Waals surface area (Å²) in [7, 11) is 0. The Morgan fingerprint density at radius 3 is 2.23 bits per heavy atom. The number of amides is 1. The minimum atomic E-state index is -2.70. The molecule has 3 N–H and O–H groups in total. The Kier molecular flexibility index (Phi) is 9.62. The number of ether oxygens (including phenoxy) is 1. The van der Waals surface area contributed by atoms with Gasteiger partial charge in [-0.2, -0.15) is 0 Å². The van der Waals surface area contributed by atoms with Gasteiger partial charge in [0.25, 0.3) is 11.8 Å². The molecule has 0 aliphatic rings. The van der Waals surface area contributed by atoms with Gasteiger partial charge in [-0.3, -0.25) is 19.5 Å². The van der Waals surface area contributed by atoms with E-state index in [0.29, 0.717) is 24.8 Å². The summed E-state index contributed by atoms with van der Waals surface area (Å²) in [6.07, 6.45) is 5.29. The van der Waals surface area contributed by atoms with Gasteiger partial charge in [0.2, 0.25) is 0 Å². The number of aliphatic carboxylic acids is 1. The van der Waals surface area contributed by atoms with Crippen LogP contribution in [0.3, 0.4) is 0 Å². The van der Waals surface area contributed by atoms with Gasteiger partial charge in [0.05, 0.1) is 18.7 Å². The number of unbranched alkanes of at least 4 members (excludes halogenated alkanes) is 2. The van der Waals surface area contributed by atoms with E-state index in [9.17, 15) is 19.8 Å². The monoisotopic (exact) mass is 540 g/mol. The topological polar surface area (TPSA) is 120 Å². The Morgan fingerprint density at radius 1 is 0.800 bits per heavy atom. The van der Waals surface area contributed by atoms with Crippen molar-refractivity contribution >= 4 is 11.9 Å². The van der Waals surface area contributed by atoms with E-state index in [-0.39, 0.29) is 36.4 Å². The zero-order valence-corrected chi connectivity index (χ0v) is 22.0. The van der Waals surface area contributed by atoms with Crippen LogP contribution in [0.1, 0.15) is 47.2 Å². The maximum Gasteiger partial charge on any atom is 0.303 e. The summed E-state index contributed by atoms with van der Waals surface area (Å²) in [5.74, 6) is -3.89. The number of hydrogen-bond donors (Lipinski definition) is 3. The molecule has 1 amide bonds. The number of rotatable bonds is 13. The molecule has 0 saturated heterocycles. The smallest absolute Gasteiger partial charge is 0.303 e. The Morgan fingerprint density at radius 2 is 1.52 bits per heavy atom. The summed E-state index contributed by atoms with van der Waals surface area (Å²) >= 11 is 0. The van der Waals surface area contributed by atoms with Crippen LogP contribution in [0.4, 0.5) is 0 Å². The number of benzene rings is 3. The van der Waals surface area contributed by atoms with Gasteiger partial charge in [0.1, 0.15) is 5.75 Å². The fourth-order valence-electron chi connectivity index (χ4n) is 4.34. The summed E-state index contributed by atoms with van der Waals surface area (Å²) in [4.78, 5) is 29.7. The molecule has 0 spiro atoms. The maximum atomic E-state index is 13.8. The van der Waals surface area contributed by atoms with Crippen LogP contribution in [0, 0.1) is 0 Å². The highest BCUT2D eigenvalue weighted by Gasteiger charge is 2.40. The van der Waals surface area contributed by atoms with E-state index < -0.39 is 17.8 Å². The Bertz CT molecular complexity index is 1390. The molecule has 40 heavy (non-hydrogen) atoms. The molecular weight excluding hydrogens is 508 g/mol. The number of aromatic nitrogens is 1. The molecule has 8 nitrogen and oxygen atoms in total. The van der Waals surface area contributed by atoms with Crippen LogP contribution in [0.25, 0.3) is 11.1 Å². The van der Waals surface area contributed by atoms with Crippen LogP contribution in [0.15, 0.2) is 103 Å². The molecule has 206 valence electrons. The summed E-state index contributed by atoms with van der Waals surface area (Å²) in [6.45, 7) is 0.190. The van der Waals surface area contributed by atoms with Gasteiger partial charge in [-0.05, 0) is 66.3 Å². The van der Waals surface area contributed by atoms with Crippen molar-refractivity contribution in [3.8, 4) is 16.9 Å². The van der Waals surface area contributed by atoms with E-state index >= 15 is 0 Å². The van der Waals surface area contributed by atoms with Crippen molar-refractivity contribution < 1.29 is 29.6 Å². The summed E-state index contributed by atoms with van der Waals surface area (Å²) in [5.41, 5.74) is 2.80. The predicted octanol–water partition coefficient (Wildman–Crippen LogP) is 5.21. The standard InChI is InChI=1S/C32H32N2O6/c35-30(36)15-5-2-8-21-40-29-14-7-6-13-28(29)32(38,39)34(23-24-10-3-1-4-11-24)31(37)26-18-16-25(17-19-26)27-12-9-20-33-22-27/h1,3-4,6-7,9-14,16-20,22,38-39H,2,5,8,15,21,23H2,(H,35,36). The van der Waals surface area contributed by atoms with Gasteiger partial charge >= 0.3 is 5.97 Å².